The van der Waals surface area contributed by atoms with Gasteiger partial charge < -0.3 is 15.3 Å². The normalized spacial score (nSPS) is 16.0. The summed E-state index contributed by atoms with van der Waals surface area (Å²) in [5.41, 5.74) is 2.02. The maximum atomic E-state index is 12.7. The zero-order valence-corrected chi connectivity index (χ0v) is 16.7. The van der Waals surface area contributed by atoms with E-state index in [4.69, 9.17) is 0 Å². The maximum Gasteiger partial charge on any atom is 0.255 e. The molecule has 3 rings (SSSR count). The van der Waals surface area contributed by atoms with Crippen molar-refractivity contribution in [2.24, 2.45) is 5.92 Å². The number of aliphatic hydroxyl groups excluding tert-OH is 1. The molecule has 0 saturated carbocycles. The van der Waals surface area contributed by atoms with Gasteiger partial charge in [0.05, 0.1) is 11.7 Å². The Morgan fingerprint density at radius 2 is 1.96 bits per heavy atom. The van der Waals surface area contributed by atoms with Crippen molar-refractivity contribution in [1.29, 1.82) is 0 Å². The SMILES string of the molecule is CC[C@H](O)CNc1ccc(C(=O)N2CCC(CCc3ccccc3)CC2)cn1. The highest BCUT2D eigenvalue weighted by Gasteiger charge is 2.23. The zero-order chi connectivity index (χ0) is 19.8. The van der Waals surface area contributed by atoms with Gasteiger partial charge in [-0.25, -0.2) is 4.98 Å². The van der Waals surface area contributed by atoms with Crippen molar-refractivity contribution in [2.75, 3.05) is 25.0 Å². The van der Waals surface area contributed by atoms with Gasteiger partial charge >= 0.3 is 0 Å². The standard InChI is InChI=1S/C23H31N3O2/c1-2-21(27)17-25-22-11-10-20(16-24-22)23(28)26-14-12-19(13-15-26)9-8-18-6-4-3-5-7-18/h3-7,10-11,16,19,21,27H,2,8-9,12-15,17H2,1H3,(H,24,25)/t21-/m0/s1. The van der Waals surface area contributed by atoms with Gasteiger partial charge in [-0.15, -0.1) is 0 Å². The summed E-state index contributed by atoms with van der Waals surface area (Å²) >= 11 is 0. The van der Waals surface area contributed by atoms with Crippen LogP contribution in [0.4, 0.5) is 5.82 Å². The molecule has 1 aliphatic heterocycles. The van der Waals surface area contributed by atoms with Crippen LogP contribution in [0.2, 0.25) is 0 Å². The molecule has 2 heterocycles. The first-order valence-electron chi connectivity index (χ1n) is 10.4. The van der Waals surface area contributed by atoms with E-state index in [1.54, 1.807) is 6.20 Å². The molecule has 0 radical (unpaired) electrons. The second-order valence-electron chi connectivity index (χ2n) is 7.63. The van der Waals surface area contributed by atoms with Gasteiger partial charge in [0.1, 0.15) is 5.82 Å². The second-order valence-corrected chi connectivity index (χ2v) is 7.63. The third-order valence-corrected chi connectivity index (χ3v) is 5.59. The van der Waals surface area contributed by atoms with Gasteiger partial charge in [0.2, 0.25) is 0 Å². The summed E-state index contributed by atoms with van der Waals surface area (Å²) in [6, 6.07) is 14.2. The summed E-state index contributed by atoms with van der Waals surface area (Å²) in [7, 11) is 0. The van der Waals surface area contributed by atoms with Crippen LogP contribution in [0, 0.1) is 5.92 Å². The first-order valence-corrected chi connectivity index (χ1v) is 10.4. The molecule has 1 saturated heterocycles. The number of aromatic nitrogens is 1. The average Bonchev–Trinajstić information content (AvgIpc) is 2.77. The molecule has 1 atom stereocenters. The van der Waals surface area contributed by atoms with E-state index in [0.29, 0.717) is 30.3 Å². The number of likely N-dealkylation sites (tertiary alicyclic amines) is 1. The Kier molecular flexibility index (Phi) is 7.43. The number of hydrogen-bond acceptors (Lipinski definition) is 4. The number of nitrogens with one attached hydrogen (secondary N) is 1. The molecule has 5 nitrogen and oxygen atoms in total. The number of nitrogens with zero attached hydrogens (tertiary/aromatic N) is 2. The number of amides is 1. The Balaban J connectivity index is 1.44. The Bertz CT molecular complexity index is 725. The quantitative estimate of drug-likeness (QED) is 0.731. The Morgan fingerprint density at radius 1 is 1.21 bits per heavy atom. The van der Waals surface area contributed by atoms with Crippen LogP contribution >= 0.6 is 0 Å². The number of piperidine rings is 1. The molecular weight excluding hydrogens is 350 g/mol. The number of aliphatic hydroxyl groups is 1. The van der Waals surface area contributed by atoms with E-state index in [1.807, 2.05) is 24.0 Å². The Hall–Kier alpha value is -2.40. The highest BCUT2D eigenvalue weighted by atomic mass is 16.3. The molecule has 0 unspecified atom stereocenters. The van der Waals surface area contributed by atoms with Crippen molar-refractivity contribution in [3.8, 4) is 0 Å². The lowest BCUT2D eigenvalue weighted by Crippen LogP contribution is -2.38. The van der Waals surface area contributed by atoms with Crippen LogP contribution in [0.15, 0.2) is 48.7 Å². The molecule has 1 amide bonds. The number of carbonyl (C=O) groups is 1. The zero-order valence-electron chi connectivity index (χ0n) is 16.7. The van der Waals surface area contributed by atoms with Crippen LogP contribution in [-0.4, -0.2) is 46.6 Å². The number of pyridine rings is 1. The lowest BCUT2D eigenvalue weighted by atomic mass is 9.90. The van der Waals surface area contributed by atoms with E-state index < -0.39 is 0 Å². The van der Waals surface area contributed by atoms with Crippen LogP contribution in [0.25, 0.3) is 0 Å². The van der Waals surface area contributed by atoms with E-state index >= 15 is 0 Å². The molecule has 0 bridgehead atoms. The molecule has 0 aliphatic carbocycles. The van der Waals surface area contributed by atoms with E-state index in [-0.39, 0.29) is 12.0 Å². The van der Waals surface area contributed by atoms with Crippen LogP contribution in [0.5, 0.6) is 0 Å². The van der Waals surface area contributed by atoms with Gasteiger partial charge in [-0.3, -0.25) is 4.79 Å². The largest absolute Gasteiger partial charge is 0.391 e. The van der Waals surface area contributed by atoms with Gasteiger partial charge in [0.15, 0.2) is 0 Å². The molecular formula is C23H31N3O2. The van der Waals surface area contributed by atoms with Gasteiger partial charge in [-0.1, -0.05) is 37.3 Å². The highest BCUT2D eigenvalue weighted by molar-refractivity contribution is 5.94. The van der Waals surface area contributed by atoms with Crippen molar-refractivity contribution in [3.05, 3.63) is 59.8 Å². The number of anilines is 1. The minimum absolute atomic E-state index is 0.0640. The van der Waals surface area contributed by atoms with Crippen molar-refractivity contribution in [1.82, 2.24) is 9.88 Å². The first kappa shape index (κ1) is 20.3. The molecule has 1 aromatic heterocycles. The van der Waals surface area contributed by atoms with Crippen LogP contribution in [-0.2, 0) is 6.42 Å². The van der Waals surface area contributed by atoms with Gasteiger partial charge in [-0.05, 0) is 55.7 Å². The monoisotopic (exact) mass is 381 g/mol. The Labute approximate surface area is 167 Å². The molecule has 1 aliphatic rings. The summed E-state index contributed by atoms with van der Waals surface area (Å²) in [5.74, 6) is 1.44. The highest BCUT2D eigenvalue weighted by Crippen LogP contribution is 2.23. The maximum absolute atomic E-state index is 12.7. The fourth-order valence-electron chi connectivity index (χ4n) is 3.61. The summed E-state index contributed by atoms with van der Waals surface area (Å²) in [4.78, 5) is 19.0. The topological polar surface area (TPSA) is 65.5 Å². The number of rotatable bonds is 8. The molecule has 28 heavy (non-hydrogen) atoms. The summed E-state index contributed by atoms with van der Waals surface area (Å²) < 4.78 is 0. The van der Waals surface area contributed by atoms with Crippen LogP contribution in [0.1, 0.15) is 48.5 Å². The van der Waals surface area contributed by atoms with E-state index in [2.05, 4.69) is 40.6 Å². The molecule has 5 heteroatoms. The minimum atomic E-state index is -0.383. The number of hydrogen-bond donors (Lipinski definition) is 2. The third-order valence-electron chi connectivity index (χ3n) is 5.59. The molecule has 150 valence electrons. The Morgan fingerprint density at radius 3 is 2.61 bits per heavy atom. The lowest BCUT2D eigenvalue weighted by molar-refractivity contribution is 0.0686. The van der Waals surface area contributed by atoms with Crippen LogP contribution < -0.4 is 5.32 Å². The average molecular weight is 382 g/mol. The third kappa shape index (κ3) is 5.80. The molecule has 2 N–H and O–H groups in total. The summed E-state index contributed by atoms with van der Waals surface area (Å²) in [6.45, 7) is 4.04. The van der Waals surface area contributed by atoms with Crippen LogP contribution in [0.3, 0.4) is 0 Å². The van der Waals surface area contributed by atoms with E-state index in [0.717, 1.165) is 32.4 Å². The van der Waals surface area contributed by atoms with Crippen molar-refractivity contribution in [2.45, 2.75) is 45.1 Å². The fraction of sp³-hybridized carbons (Fsp3) is 0.478. The number of benzene rings is 1. The summed E-state index contributed by atoms with van der Waals surface area (Å²) in [6.07, 6.45) is 6.39. The second kappa shape index (κ2) is 10.2. The minimum Gasteiger partial charge on any atom is -0.391 e. The molecule has 0 spiro atoms. The van der Waals surface area contributed by atoms with E-state index in [1.165, 1.54) is 12.0 Å². The number of aryl methyl sites for hydroxylation is 1. The predicted molar refractivity (Wildman–Crippen MR) is 112 cm³/mol. The van der Waals surface area contributed by atoms with E-state index in [9.17, 15) is 9.90 Å². The predicted octanol–water partition coefficient (Wildman–Crippen LogP) is 3.75. The number of carbonyl (C=O) groups excluding carboxylic acids is 1. The van der Waals surface area contributed by atoms with Crippen molar-refractivity contribution < 1.29 is 9.90 Å². The smallest absolute Gasteiger partial charge is 0.255 e. The lowest BCUT2D eigenvalue weighted by Gasteiger charge is -2.32. The van der Waals surface area contributed by atoms with Gasteiger partial charge in [0, 0.05) is 25.8 Å². The van der Waals surface area contributed by atoms with Gasteiger partial charge in [-0.2, -0.15) is 0 Å². The molecule has 1 aromatic carbocycles. The van der Waals surface area contributed by atoms with Crippen molar-refractivity contribution in [3.63, 3.8) is 0 Å². The summed E-state index contributed by atoms with van der Waals surface area (Å²) in [5, 5.41) is 12.7. The fourth-order valence-corrected chi connectivity index (χ4v) is 3.61. The molecule has 2 aromatic rings. The van der Waals surface area contributed by atoms with Gasteiger partial charge in [0.25, 0.3) is 5.91 Å². The first-order chi connectivity index (χ1) is 13.7. The van der Waals surface area contributed by atoms with Crippen molar-refractivity contribution >= 4 is 11.7 Å². The molecule has 1 fully saturated rings.